The summed E-state index contributed by atoms with van der Waals surface area (Å²) in [6.45, 7) is 3.11. The molecule has 0 unspecified atom stereocenters. The largest absolute Gasteiger partial charge is 0.501 e. The van der Waals surface area contributed by atoms with Crippen LogP contribution in [-0.4, -0.2) is 48.4 Å². The maximum atomic E-state index is 10.7. The van der Waals surface area contributed by atoms with Crippen molar-refractivity contribution in [3.05, 3.63) is 20.2 Å². The Morgan fingerprint density at radius 3 is 2.13 bits per heavy atom. The van der Waals surface area contributed by atoms with Crippen molar-refractivity contribution in [3.63, 3.8) is 0 Å². The molecular formula is C7H14N3O5+. The summed E-state index contributed by atoms with van der Waals surface area (Å²) in [5.41, 5.74) is -2.09. The molecule has 1 aliphatic heterocycles. The Labute approximate surface area is 86.1 Å². The number of hydrogen-bond acceptors (Lipinski definition) is 5. The van der Waals surface area contributed by atoms with E-state index in [1.807, 2.05) is 0 Å². The molecule has 8 heteroatoms. The fourth-order valence-electron chi connectivity index (χ4n) is 1.51. The van der Waals surface area contributed by atoms with Crippen LogP contribution in [0.15, 0.2) is 0 Å². The van der Waals surface area contributed by atoms with Gasteiger partial charge >= 0.3 is 5.66 Å². The molecule has 0 aliphatic carbocycles. The SMILES string of the molecule is CC(C[NH+]1CCOCC1)([N+](=O)[O-])[N+](=O)[O-]. The predicted molar refractivity (Wildman–Crippen MR) is 48.8 cm³/mol. The minimum absolute atomic E-state index is 0.101. The van der Waals surface area contributed by atoms with Gasteiger partial charge in [-0.1, -0.05) is 0 Å². The summed E-state index contributed by atoms with van der Waals surface area (Å²) in [4.78, 5) is 20.5. The van der Waals surface area contributed by atoms with Crippen LogP contribution in [-0.2, 0) is 4.74 Å². The van der Waals surface area contributed by atoms with Crippen molar-refractivity contribution >= 4 is 0 Å². The van der Waals surface area contributed by atoms with Gasteiger partial charge in [0.05, 0.1) is 20.1 Å². The molecule has 0 bridgehead atoms. The summed E-state index contributed by atoms with van der Waals surface area (Å²) in [6, 6.07) is 0. The van der Waals surface area contributed by atoms with Crippen molar-refractivity contribution in [1.29, 1.82) is 0 Å². The van der Waals surface area contributed by atoms with Crippen molar-refractivity contribution < 1.29 is 19.5 Å². The Balaban J connectivity index is 2.65. The van der Waals surface area contributed by atoms with E-state index in [2.05, 4.69) is 0 Å². The molecule has 1 fully saturated rings. The Morgan fingerprint density at radius 1 is 1.27 bits per heavy atom. The van der Waals surface area contributed by atoms with Gasteiger partial charge in [0.2, 0.25) is 6.54 Å². The highest BCUT2D eigenvalue weighted by Crippen LogP contribution is 2.06. The minimum atomic E-state index is -2.09. The second kappa shape index (κ2) is 4.49. The number of nitrogens with one attached hydrogen (secondary N) is 1. The topological polar surface area (TPSA) is 100.0 Å². The average Bonchev–Trinajstić information content (AvgIpc) is 2.18. The molecule has 1 heterocycles. The molecule has 86 valence electrons. The lowest BCUT2D eigenvalue weighted by atomic mass is 10.2. The Morgan fingerprint density at radius 2 is 1.73 bits per heavy atom. The van der Waals surface area contributed by atoms with E-state index < -0.39 is 15.5 Å². The molecular weight excluding hydrogens is 206 g/mol. The van der Waals surface area contributed by atoms with Crippen LogP contribution in [0.2, 0.25) is 0 Å². The smallest absolute Gasteiger partial charge is 0.370 e. The zero-order valence-electron chi connectivity index (χ0n) is 8.47. The zero-order chi connectivity index (χ0) is 11.5. The summed E-state index contributed by atoms with van der Waals surface area (Å²) in [7, 11) is 0. The number of hydrogen-bond donors (Lipinski definition) is 1. The van der Waals surface area contributed by atoms with E-state index in [0.717, 1.165) is 11.8 Å². The van der Waals surface area contributed by atoms with Crippen LogP contribution < -0.4 is 4.90 Å². The molecule has 15 heavy (non-hydrogen) atoms. The summed E-state index contributed by atoms with van der Waals surface area (Å²) in [6.07, 6.45) is 0. The first kappa shape index (κ1) is 11.8. The van der Waals surface area contributed by atoms with Gasteiger partial charge in [0.25, 0.3) is 0 Å². The third kappa shape index (κ3) is 2.60. The van der Waals surface area contributed by atoms with Crippen molar-refractivity contribution in [2.45, 2.75) is 12.6 Å². The first-order chi connectivity index (χ1) is 6.97. The van der Waals surface area contributed by atoms with Gasteiger partial charge in [-0.2, -0.15) is 0 Å². The van der Waals surface area contributed by atoms with E-state index in [9.17, 15) is 20.2 Å². The van der Waals surface area contributed by atoms with Crippen LogP contribution >= 0.6 is 0 Å². The van der Waals surface area contributed by atoms with Crippen molar-refractivity contribution in [3.8, 4) is 0 Å². The van der Waals surface area contributed by atoms with E-state index in [0.29, 0.717) is 26.3 Å². The highest BCUT2D eigenvalue weighted by Gasteiger charge is 2.54. The predicted octanol–water partition coefficient (Wildman–Crippen LogP) is -1.83. The van der Waals surface area contributed by atoms with Gasteiger partial charge in [-0.3, -0.25) is 20.2 Å². The van der Waals surface area contributed by atoms with Crippen LogP contribution in [0, 0.1) is 20.2 Å². The van der Waals surface area contributed by atoms with Crippen LogP contribution in [0.25, 0.3) is 0 Å². The average molecular weight is 220 g/mol. The van der Waals surface area contributed by atoms with E-state index >= 15 is 0 Å². The number of nitrogens with zero attached hydrogens (tertiary/aromatic N) is 2. The Bertz CT molecular complexity index is 249. The standard InChI is InChI=1S/C7H13N3O5/c1-7(9(11)12,10(13)14)6-8-2-4-15-5-3-8/h2-6H2,1H3/p+1. The van der Waals surface area contributed by atoms with Crippen LogP contribution in [0.1, 0.15) is 6.92 Å². The molecule has 0 spiro atoms. The van der Waals surface area contributed by atoms with Gasteiger partial charge < -0.3 is 9.64 Å². The van der Waals surface area contributed by atoms with Gasteiger partial charge in [0.15, 0.2) is 0 Å². The molecule has 1 saturated heterocycles. The van der Waals surface area contributed by atoms with Crippen LogP contribution in [0.5, 0.6) is 0 Å². The lowest BCUT2D eigenvalue weighted by molar-refractivity contribution is -0.955. The van der Waals surface area contributed by atoms with Crippen molar-refractivity contribution in [2.24, 2.45) is 0 Å². The molecule has 0 aromatic carbocycles. The van der Waals surface area contributed by atoms with E-state index in [4.69, 9.17) is 4.74 Å². The first-order valence-electron chi connectivity index (χ1n) is 4.67. The van der Waals surface area contributed by atoms with Crippen molar-refractivity contribution in [1.82, 2.24) is 0 Å². The number of ether oxygens (including phenoxy) is 1. The van der Waals surface area contributed by atoms with Crippen molar-refractivity contribution in [2.75, 3.05) is 32.8 Å². The highest BCUT2D eigenvalue weighted by atomic mass is 16.7. The number of morpholine rings is 1. The third-order valence-electron chi connectivity index (χ3n) is 2.57. The van der Waals surface area contributed by atoms with Gasteiger partial charge in [-0.15, -0.1) is 0 Å². The quantitative estimate of drug-likeness (QED) is 0.341. The minimum Gasteiger partial charge on any atom is -0.370 e. The monoisotopic (exact) mass is 220 g/mol. The summed E-state index contributed by atoms with van der Waals surface area (Å²) in [5.74, 6) is 0. The molecule has 0 amide bonds. The molecule has 0 aromatic heterocycles. The van der Waals surface area contributed by atoms with E-state index in [-0.39, 0.29) is 6.54 Å². The zero-order valence-corrected chi connectivity index (χ0v) is 8.47. The van der Waals surface area contributed by atoms with Crippen LogP contribution in [0.3, 0.4) is 0 Å². The fraction of sp³-hybridized carbons (Fsp3) is 1.00. The molecule has 0 saturated carbocycles. The second-order valence-corrected chi connectivity index (χ2v) is 3.77. The lowest BCUT2D eigenvalue weighted by Crippen LogP contribution is -3.16. The molecule has 1 aliphatic rings. The third-order valence-corrected chi connectivity index (χ3v) is 2.57. The Kier molecular flexibility index (Phi) is 3.53. The second-order valence-electron chi connectivity index (χ2n) is 3.77. The number of quaternary nitrogens is 1. The summed E-state index contributed by atoms with van der Waals surface area (Å²) in [5, 5.41) is 21.3. The maximum absolute atomic E-state index is 10.7. The van der Waals surface area contributed by atoms with E-state index in [1.165, 1.54) is 0 Å². The fourth-order valence-corrected chi connectivity index (χ4v) is 1.51. The van der Waals surface area contributed by atoms with E-state index in [1.54, 1.807) is 0 Å². The van der Waals surface area contributed by atoms with Gasteiger partial charge in [0.1, 0.15) is 22.9 Å². The van der Waals surface area contributed by atoms with Gasteiger partial charge in [-0.05, 0) is 0 Å². The normalized spacial score (nSPS) is 18.7. The number of rotatable bonds is 4. The molecule has 1 rings (SSSR count). The van der Waals surface area contributed by atoms with Crippen LogP contribution in [0.4, 0.5) is 0 Å². The van der Waals surface area contributed by atoms with Gasteiger partial charge in [0, 0.05) is 0 Å². The maximum Gasteiger partial charge on any atom is 0.501 e. The summed E-state index contributed by atoms with van der Waals surface area (Å²) < 4.78 is 5.07. The number of nitro groups is 2. The molecule has 0 atom stereocenters. The van der Waals surface area contributed by atoms with Gasteiger partial charge in [-0.25, -0.2) is 0 Å². The molecule has 8 nitrogen and oxygen atoms in total. The summed E-state index contributed by atoms with van der Waals surface area (Å²) >= 11 is 0. The molecule has 0 aromatic rings. The first-order valence-corrected chi connectivity index (χ1v) is 4.67. The highest BCUT2D eigenvalue weighted by molar-refractivity contribution is 4.58. The lowest BCUT2D eigenvalue weighted by Gasteiger charge is -2.25. The molecule has 0 radical (unpaired) electrons. The Hall–Kier alpha value is -1.28. The molecule has 1 N–H and O–H groups in total.